The van der Waals surface area contributed by atoms with Crippen molar-refractivity contribution < 1.29 is 19.4 Å². The van der Waals surface area contributed by atoms with E-state index in [1.54, 1.807) is 0 Å². The molecule has 1 aliphatic carbocycles. The smallest absolute Gasteiger partial charge is 0.407 e. The van der Waals surface area contributed by atoms with Gasteiger partial charge in [0.15, 0.2) is 0 Å². The van der Waals surface area contributed by atoms with E-state index in [9.17, 15) is 14.7 Å². The Morgan fingerprint density at radius 2 is 1.65 bits per heavy atom. The van der Waals surface area contributed by atoms with Gasteiger partial charge in [-0.2, -0.15) is 0 Å². The van der Waals surface area contributed by atoms with Crippen molar-refractivity contribution in [3.63, 3.8) is 0 Å². The number of hydrogen-bond acceptors (Lipinski definition) is 4. The molecule has 6 nitrogen and oxygen atoms in total. The summed E-state index contributed by atoms with van der Waals surface area (Å²) in [5.41, 5.74) is 4.63. The monoisotopic (exact) mass is 352 g/mol. The zero-order chi connectivity index (χ0) is 18.1. The number of benzene rings is 2. The van der Waals surface area contributed by atoms with Crippen LogP contribution in [0.4, 0.5) is 4.79 Å². The van der Waals surface area contributed by atoms with Crippen molar-refractivity contribution in [1.82, 2.24) is 10.6 Å². The second kappa shape index (κ2) is 6.80. The molecule has 0 bridgehead atoms. The quantitative estimate of drug-likeness (QED) is 0.785. The van der Waals surface area contributed by atoms with E-state index in [-0.39, 0.29) is 12.5 Å². The number of carboxylic acids is 1. The Kier molecular flexibility index (Phi) is 4.34. The minimum Gasteiger partial charge on any atom is -0.481 e. The molecule has 6 heteroatoms. The molecule has 3 N–H and O–H groups in total. The fourth-order valence-electron chi connectivity index (χ4n) is 3.88. The topological polar surface area (TPSA) is 87.7 Å². The first-order valence-electron chi connectivity index (χ1n) is 8.70. The Morgan fingerprint density at radius 1 is 1.04 bits per heavy atom. The molecule has 0 spiro atoms. The number of aliphatic carboxylic acids is 1. The van der Waals surface area contributed by atoms with Crippen LogP contribution in [0.1, 0.15) is 17.0 Å². The minimum atomic E-state index is -0.918. The summed E-state index contributed by atoms with van der Waals surface area (Å²) in [5, 5.41) is 14.8. The van der Waals surface area contributed by atoms with E-state index in [1.165, 1.54) is 11.1 Å². The van der Waals surface area contributed by atoms with Gasteiger partial charge in [-0.25, -0.2) is 4.79 Å². The van der Waals surface area contributed by atoms with Crippen LogP contribution in [-0.2, 0) is 9.53 Å². The second-order valence-corrected chi connectivity index (χ2v) is 6.68. The number of amides is 1. The lowest BCUT2D eigenvalue weighted by molar-refractivity contribution is -0.141. The van der Waals surface area contributed by atoms with Gasteiger partial charge in [0.1, 0.15) is 6.61 Å². The van der Waals surface area contributed by atoms with E-state index in [0.29, 0.717) is 13.1 Å². The molecule has 1 saturated heterocycles. The lowest BCUT2D eigenvalue weighted by atomic mass is 9.98. The molecule has 2 aliphatic rings. The summed E-state index contributed by atoms with van der Waals surface area (Å²) in [4.78, 5) is 23.4. The molecular formula is C20H20N2O4. The third kappa shape index (κ3) is 2.93. The predicted molar refractivity (Wildman–Crippen MR) is 96.0 cm³/mol. The Balaban J connectivity index is 1.45. The molecule has 2 aromatic carbocycles. The number of carbonyl (C=O) groups is 2. The maximum absolute atomic E-state index is 12.2. The molecule has 1 heterocycles. The highest BCUT2D eigenvalue weighted by Gasteiger charge is 2.35. The average Bonchev–Trinajstić information content (AvgIpc) is 3.23. The zero-order valence-corrected chi connectivity index (χ0v) is 14.1. The fraction of sp³-hybridized carbons (Fsp3) is 0.300. The highest BCUT2D eigenvalue weighted by atomic mass is 16.5. The van der Waals surface area contributed by atoms with Crippen molar-refractivity contribution >= 4 is 12.1 Å². The first kappa shape index (κ1) is 16.6. The van der Waals surface area contributed by atoms with Gasteiger partial charge < -0.3 is 20.5 Å². The summed E-state index contributed by atoms with van der Waals surface area (Å²) in [6.45, 7) is 1.00. The lowest BCUT2D eigenvalue weighted by Crippen LogP contribution is -2.43. The van der Waals surface area contributed by atoms with E-state index in [1.807, 2.05) is 24.3 Å². The predicted octanol–water partition coefficient (Wildman–Crippen LogP) is 2.20. The number of nitrogens with one attached hydrogen (secondary N) is 2. The average molecular weight is 352 g/mol. The van der Waals surface area contributed by atoms with Crippen LogP contribution < -0.4 is 10.6 Å². The van der Waals surface area contributed by atoms with Crippen LogP contribution in [-0.4, -0.2) is 42.9 Å². The van der Waals surface area contributed by atoms with Crippen molar-refractivity contribution in [2.24, 2.45) is 5.92 Å². The van der Waals surface area contributed by atoms with Gasteiger partial charge in [0.05, 0.1) is 12.0 Å². The third-order valence-corrected chi connectivity index (χ3v) is 5.18. The Bertz CT molecular complexity index is 806. The Hall–Kier alpha value is -2.86. The van der Waals surface area contributed by atoms with Gasteiger partial charge in [-0.3, -0.25) is 4.79 Å². The summed E-state index contributed by atoms with van der Waals surface area (Å²) in [6.07, 6.45) is -0.577. The molecule has 1 amide bonds. The maximum Gasteiger partial charge on any atom is 0.407 e. The second-order valence-electron chi connectivity index (χ2n) is 6.68. The normalized spacial score (nSPS) is 21.1. The summed E-state index contributed by atoms with van der Waals surface area (Å²) in [7, 11) is 0. The van der Waals surface area contributed by atoms with Crippen molar-refractivity contribution in [3.8, 4) is 11.1 Å². The van der Waals surface area contributed by atoms with E-state index in [2.05, 4.69) is 34.9 Å². The molecule has 134 valence electrons. The molecule has 0 radical (unpaired) electrons. The third-order valence-electron chi connectivity index (χ3n) is 5.18. The van der Waals surface area contributed by atoms with E-state index < -0.39 is 24.0 Å². The molecular weight excluding hydrogens is 332 g/mol. The van der Waals surface area contributed by atoms with Crippen LogP contribution in [0.3, 0.4) is 0 Å². The van der Waals surface area contributed by atoms with Gasteiger partial charge in [0.2, 0.25) is 0 Å². The zero-order valence-electron chi connectivity index (χ0n) is 14.1. The van der Waals surface area contributed by atoms with Crippen LogP contribution in [0.15, 0.2) is 48.5 Å². The van der Waals surface area contributed by atoms with Gasteiger partial charge in [-0.15, -0.1) is 0 Å². The first-order valence-corrected chi connectivity index (χ1v) is 8.70. The molecule has 0 saturated carbocycles. The number of alkyl carbamates (subject to hydrolysis) is 1. The van der Waals surface area contributed by atoms with Crippen LogP contribution in [0, 0.1) is 5.92 Å². The fourth-order valence-corrected chi connectivity index (χ4v) is 3.88. The van der Waals surface area contributed by atoms with Crippen LogP contribution >= 0.6 is 0 Å². The van der Waals surface area contributed by atoms with Gasteiger partial charge >= 0.3 is 12.1 Å². The largest absolute Gasteiger partial charge is 0.481 e. The molecule has 2 atom stereocenters. The SMILES string of the molecule is O=C(N[C@H]1CNC[C@H]1C(=O)O)OCC1c2ccccc2-c2ccccc21. The van der Waals surface area contributed by atoms with Gasteiger partial charge in [0, 0.05) is 19.0 Å². The molecule has 4 rings (SSSR count). The number of carbonyl (C=O) groups excluding carboxylic acids is 1. The number of rotatable bonds is 4. The van der Waals surface area contributed by atoms with Crippen LogP contribution in [0.2, 0.25) is 0 Å². The van der Waals surface area contributed by atoms with Gasteiger partial charge in [0.25, 0.3) is 0 Å². The highest BCUT2D eigenvalue weighted by Crippen LogP contribution is 2.44. The minimum absolute atomic E-state index is 0.00914. The molecule has 0 aromatic heterocycles. The van der Waals surface area contributed by atoms with Gasteiger partial charge in [-0.1, -0.05) is 48.5 Å². The van der Waals surface area contributed by atoms with E-state index >= 15 is 0 Å². The standard InChI is InChI=1S/C20H20N2O4/c23-19(24)16-9-21-10-18(16)22-20(25)26-11-17-14-7-3-1-5-12(14)13-6-2-4-8-15(13)17/h1-8,16-18,21H,9-11H2,(H,22,25)(H,23,24)/t16-,18+/m1/s1. The van der Waals surface area contributed by atoms with Crippen molar-refractivity contribution in [2.75, 3.05) is 19.7 Å². The van der Waals surface area contributed by atoms with Crippen molar-refractivity contribution in [2.45, 2.75) is 12.0 Å². The maximum atomic E-state index is 12.2. The molecule has 26 heavy (non-hydrogen) atoms. The number of ether oxygens (including phenoxy) is 1. The molecule has 1 aliphatic heterocycles. The lowest BCUT2D eigenvalue weighted by Gasteiger charge is -2.18. The summed E-state index contributed by atoms with van der Waals surface area (Å²) in [6, 6.07) is 15.8. The molecule has 1 fully saturated rings. The van der Waals surface area contributed by atoms with Crippen LogP contribution in [0.5, 0.6) is 0 Å². The summed E-state index contributed by atoms with van der Waals surface area (Å²) < 4.78 is 5.46. The highest BCUT2D eigenvalue weighted by molar-refractivity contribution is 5.79. The molecule has 0 unspecified atom stereocenters. The summed E-state index contributed by atoms with van der Waals surface area (Å²) in [5.74, 6) is -1.56. The Morgan fingerprint density at radius 3 is 2.27 bits per heavy atom. The Labute approximate surface area is 151 Å². The van der Waals surface area contributed by atoms with Crippen molar-refractivity contribution in [3.05, 3.63) is 59.7 Å². The van der Waals surface area contributed by atoms with E-state index in [0.717, 1.165) is 11.1 Å². The summed E-state index contributed by atoms with van der Waals surface area (Å²) >= 11 is 0. The first-order chi connectivity index (χ1) is 12.6. The van der Waals surface area contributed by atoms with Crippen molar-refractivity contribution in [1.29, 1.82) is 0 Å². The molecule has 2 aromatic rings. The number of hydrogen-bond donors (Lipinski definition) is 3. The number of carboxylic acid groups (broad SMARTS) is 1. The number of fused-ring (bicyclic) bond motifs is 3. The van der Waals surface area contributed by atoms with Crippen LogP contribution in [0.25, 0.3) is 11.1 Å². The van der Waals surface area contributed by atoms with Gasteiger partial charge in [-0.05, 0) is 22.3 Å². The van der Waals surface area contributed by atoms with E-state index in [4.69, 9.17) is 4.74 Å².